The maximum atomic E-state index is 11.9. The van der Waals surface area contributed by atoms with Crippen LogP contribution in [-0.2, 0) is 0 Å². The van der Waals surface area contributed by atoms with Crippen LogP contribution in [0.15, 0.2) is 72.8 Å². The van der Waals surface area contributed by atoms with E-state index >= 15 is 0 Å². The van der Waals surface area contributed by atoms with Crippen LogP contribution >= 0.6 is 0 Å². The fraction of sp³-hybridized carbons (Fsp3) is 0. The second kappa shape index (κ2) is 7.20. The van der Waals surface area contributed by atoms with Crippen LogP contribution in [0.4, 0.5) is 10.5 Å². The number of carbonyl (C=O) groups is 1. The van der Waals surface area contributed by atoms with Crippen molar-refractivity contribution in [1.82, 2.24) is 0 Å². The largest absolute Gasteiger partial charge is 0.508 e. The number of hydrogen-bond acceptors (Lipinski definition) is 4. The summed E-state index contributed by atoms with van der Waals surface area (Å²) in [7, 11) is 0. The smallest absolute Gasteiger partial charge is 0.417 e. The molecular weight excluding hydrogens is 316 g/mol. The summed E-state index contributed by atoms with van der Waals surface area (Å²) in [4.78, 5) is 11.9. The number of carbonyl (C=O) groups excluding carboxylic acids is 1. The molecule has 25 heavy (non-hydrogen) atoms. The van der Waals surface area contributed by atoms with E-state index in [-0.39, 0.29) is 5.75 Å². The number of anilines is 1. The molecule has 0 atom stereocenters. The van der Waals surface area contributed by atoms with Gasteiger partial charge in [0.05, 0.1) is 11.6 Å². The molecule has 5 heteroatoms. The highest BCUT2D eigenvalue weighted by Crippen LogP contribution is 2.23. The zero-order chi connectivity index (χ0) is 17.6. The molecule has 0 fully saturated rings. The van der Waals surface area contributed by atoms with E-state index < -0.39 is 6.09 Å². The van der Waals surface area contributed by atoms with Gasteiger partial charge < -0.3 is 9.84 Å². The SMILES string of the molecule is N#Cc1ccc(OC(=O)Nc2ccc(-c3ccc(O)cc3)cc2)cc1. The summed E-state index contributed by atoms with van der Waals surface area (Å²) < 4.78 is 5.16. The third-order valence-corrected chi connectivity index (χ3v) is 3.53. The molecule has 0 spiro atoms. The number of rotatable bonds is 3. The van der Waals surface area contributed by atoms with Gasteiger partial charge in [0, 0.05) is 5.69 Å². The number of aromatic hydroxyl groups is 1. The van der Waals surface area contributed by atoms with E-state index in [1.807, 2.05) is 30.3 Å². The topological polar surface area (TPSA) is 82.3 Å². The molecule has 0 aliphatic heterocycles. The average Bonchev–Trinajstić information content (AvgIpc) is 2.64. The number of amides is 1. The summed E-state index contributed by atoms with van der Waals surface area (Å²) in [5, 5.41) is 20.7. The molecule has 3 aromatic carbocycles. The predicted octanol–water partition coefficient (Wildman–Crippen LogP) is 4.54. The van der Waals surface area contributed by atoms with Crippen molar-refractivity contribution in [2.45, 2.75) is 0 Å². The molecule has 0 aromatic heterocycles. The number of nitrogens with zero attached hydrogens (tertiary/aromatic N) is 1. The van der Waals surface area contributed by atoms with Crippen molar-refractivity contribution in [2.75, 3.05) is 5.32 Å². The van der Waals surface area contributed by atoms with Crippen LogP contribution in [0.1, 0.15) is 5.56 Å². The lowest BCUT2D eigenvalue weighted by Crippen LogP contribution is -2.16. The van der Waals surface area contributed by atoms with Crippen LogP contribution in [0.25, 0.3) is 11.1 Å². The van der Waals surface area contributed by atoms with Gasteiger partial charge in [0.2, 0.25) is 0 Å². The lowest BCUT2D eigenvalue weighted by molar-refractivity contribution is 0.215. The summed E-state index contributed by atoms with van der Waals surface area (Å²) in [5.41, 5.74) is 3.02. The molecule has 3 rings (SSSR count). The lowest BCUT2D eigenvalue weighted by atomic mass is 10.1. The van der Waals surface area contributed by atoms with Crippen LogP contribution in [0.2, 0.25) is 0 Å². The second-order valence-electron chi connectivity index (χ2n) is 5.27. The van der Waals surface area contributed by atoms with Crippen molar-refractivity contribution < 1.29 is 14.6 Å². The monoisotopic (exact) mass is 330 g/mol. The molecule has 2 N–H and O–H groups in total. The average molecular weight is 330 g/mol. The van der Waals surface area contributed by atoms with Gasteiger partial charge in [-0.15, -0.1) is 0 Å². The third-order valence-electron chi connectivity index (χ3n) is 3.53. The van der Waals surface area contributed by atoms with E-state index in [1.54, 1.807) is 48.5 Å². The standard InChI is InChI=1S/C20H14N2O3/c21-13-14-1-11-19(12-2-14)25-20(24)22-17-7-3-15(4-8-17)16-5-9-18(23)10-6-16/h1-12,23H,(H,22,24). The summed E-state index contributed by atoms with van der Waals surface area (Å²) in [6.45, 7) is 0. The van der Waals surface area contributed by atoms with Gasteiger partial charge in [-0.3, -0.25) is 5.32 Å². The van der Waals surface area contributed by atoms with Gasteiger partial charge in [-0.1, -0.05) is 24.3 Å². The van der Waals surface area contributed by atoms with E-state index in [2.05, 4.69) is 5.32 Å². The zero-order valence-electron chi connectivity index (χ0n) is 13.1. The number of nitriles is 1. The van der Waals surface area contributed by atoms with Crippen molar-refractivity contribution in [3.05, 3.63) is 78.4 Å². The minimum Gasteiger partial charge on any atom is -0.508 e. The lowest BCUT2D eigenvalue weighted by Gasteiger charge is -2.08. The Kier molecular flexibility index (Phi) is 4.63. The molecule has 0 bridgehead atoms. The molecular formula is C20H14N2O3. The zero-order valence-corrected chi connectivity index (χ0v) is 13.1. The summed E-state index contributed by atoms with van der Waals surface area (Å²) >= 11 is 0. The minimum absolute atomic E-state index is 0.215. The second-order valence-corrected chi connectivity index (χ2v) is 5.27. The molecule has 0 aliphatic rings. The summed E-state index contributed by atoms with van der Waals surface area (Å²) in [5.74, 6) is 0.574. The molecule has 3 aromatic rings. The van der Waals surface area contributed by atoms with Crippen molar-refractivity contribution in [3.8, 4) is 28.7 Å². The highest BCUT2D eigenvalue weighted by Gasteiger charge is 2.06. The molecule has 0 saturated heterocycles. The van der Waals surface area contributed by atoms with Crippen LogP contribution in [0.3, 0.4) is 0 Å². The first kappa shape index (κ1) is 16.1. The Morgan fingerprint density at radius 2 is 1.44 bits per heavy atom. The minimum atomic E-state index is -0.609. The van der Waals surface area contributed by atoms with E-state index in [0.29, 0.717) is 17.0 Å². The fourth-order valence-corrected chi connectivity index (χ4v) is 2.25. The van der Waals surface area contributed by atoms with Gasteiger partial charge in [0.1, 0.15) is 11.5 Å². The number of ether oxygens (including phenoxy) is 1. The maximum absolute atomic E-state index is 11.9. The van der Waals surface area contributed by atoms with Gasteiger partial charge >= 0.3 is 6.09 Å². The van der Waals surface area contributed by atoms with Gasteiger partial charge in [0.25, 0.3) is 0 Å². The van der Waals surface area contributed by atoms with Gasteiger partial charge in [-0.25, -0.2) is 4.79 Å². The Morgan fingerprint density at radius 3 is 2.00 bits per heavy atom. The molecule has 0 radical (unpaired) electrons. The molecule has 0 saturated carbocycles. The van der Waals surface area contributed by atoms with Crippen molar-refractivity contribution in [2.24, 2.45) is 0 Å². The van der Waals surface area contributed by atoms with Crippen molar-refractivity contribution in [3.63, 3.8) is 0 Å². The number of hydrogen-bond donors (Lipinski definition) is 2. The maximum Gasteiger partial charge on any atom is 0.417 e. The molecule has 0 unspecified atom stereocenters. The van der Waals surface area contributed by atoms with E-state index in [4.69, 9.17) is 10.00 Å². The van der Waals surface area contributed by atoms with E-state index in [1.165, 1.54) is 0 Å². The Morgan fingerprint density at radius 1 is 0.880 bits per heavy atom. The van der Waals surface area contributed by atoms with Gasteiger partial charge in [-0.05, 0) is 59.7 Å². The number of nitrogens with one attached hydrogen (secondary N) is 1. The number of phenols is 1. The van der Waals surface area contributed by atoms with Gasteiger partial charge in [0.15, 0.2) is 0 Å². The Labute approximate surface area is 144 Å². The van der Waals surface area contributed by atoms with Crippen molar-refractivity contribution >= 4 is 11.8 Å². The van der Waals surface area contributed by atoms with Crippen LogP contribution in [-0.4, -0.2) is 11.2 Å². The molecule has 122 valence electrons. The normalized spacial score (nSPS) is 9.88. The highest BCUT2D eigenvalue weighted by atomic mass is 16.6. The van der Waals surface area contributed by atoms with Crippen molar-refractivity contribution in [1.29, 1.82) is 5.26 Å². The molecule has 5 nitrogen and oxygen atoms in total. The Balaban J connectivity index is 1.63. The van der Waals surface area contributed by atoms with E-state index in [0.717, 1.165) is 11.1 Å². The van der Waals surface area contributed by atoms with Crippen LogP contribution in [0, 0.1) is 11.3 Å². The predicted molar refractivity (Wildman–Crippen MR) is 94.3 cm³/mol. The number of benzene rings is 3. The first-order chi connectivity index (χ1) is 12.1. The molecule has 0 aliphatic carbocycles. The quantitative estimate of drug-likeness (QED) is 0.738. The number of phenolic OH excluding ortho intramolecular Hbond substituents is 1. The summed E-state index contributed by atoms with van der Waals surface area (Å²) in [6, 6.07) is 22.4. The summed E-state index contributed by atoms with van der Waals surface area (Å²) in [6.07, 6.45) is -0.609. The first-order valence-electron chi connectivity index (χ1n) is 7.52. The first-order valence-corrected chi connectivity index (χ1v) is 7.52. The molecule has 1 amide bonds. The van der Waals surface area contributed by atoms with E-state index in [9.17, 15) is 9.90 Å². The molecule has 0 heterocycles. The highest BCUT2D eigenvalue weighted by molar-refractivity contribution is 5.86. The van der Waals surface area contributed by atoms with Crippen LogP contribution in [0.5, 0.6) is 11.5 Å². The Bertz CT molecular complexity index is 909. The van der Waals surface area contributed by atoms with Gasteiger partial charge in [-0.2, -0.15) is 5.26 Å². The third kappa shape index (κ3) is 4.15. The Hall–Kier alpha value is -3.78. The van der Waals surface area contributed by atoms with Crippen LogP contribution < -0.4 is 10.1 Å². The fourth-order valence-electron chi connectivity index (χ4n) is 2.25.